The number of aromatic nitrogens is 2. The van der Waals surface area contributed by atoms with E-state index < -0.39 is 0 Å². The summed E-state index contributed by atoms with van der Waals surface area (Å²) in [5.41, 5.74) is 2.37. The van der Waals surface area contributed by atoms with Crippen molar-refractivity contribution in [1.29, 1.82) is 0 Å². The first kappa shape index (κ1) is 14.1. The maximum atomic E-state index is 5.88. The van der Waals surface area contributed by atoms with E-state index in [-0.39, 0.29) is 0 Å². The number of halogens is 1. The summed E-state index contributed by atoms with van der Waals surface area (Å²) in [5.74, 6) is 0. The third-order valence-corrected chi connectivity index (χ3v) is 3.20. The van der Waals surface area contributed by atoms with Crippen LogP contribution >= 0.6 is 11.6 Å². The molecule has 1 aromatic heterocycles. The van der Waals surface area contributed by atoms with Crippen LogP contribution in [0.3, 0.4) is 0 Å². The highest BCUT2D eigenvalue weighted by atomic mass is 35.5. The highest BCUT2D eigenvalue weighted by Crippen LogP contribution is 2.11. The van der Waals surface area contributed by atoms with Crippen LogP contribution in [0.4, 0.5) is 0 Å². The van der Waals surface area contributed by atoms with Gasteiger partial charge in [-0.2, -0.15) is 0 Å². The van der Waals surface area contributed by atoms with Crippen molar-refractivity contribution >= 4 is 11.6 Å². The molecular formula is C15H20ClN3. The highest BCUT2D eigenvalue weighted by Gasteiger charge is 2.00. The largest absolute Gasteiger partial charge is 0.333 e. The van der Waals surface area contributed by atoms with Gasteiger partial charge in [0, 0.05) is 30.7 Å². The minimum atomic E-state index is 0.775. The lowest BCUT2D eigenvalue weighted by Crippen LogP contribution is -2.17. The monoisotopic (exact) mass is 277 g/mol. The van der Waals surface area contributed by atoms with Gasteiger partial charge in [0.05, 0.1) is 12.0 Å². The maximum Gasteiger partial charge on any atom is 0.0952 e. The summed E-state index contributed by atoms with van der Waals surface area (Å²) in [6, 6.07) is 7.93. The molecule has 0 aliphatic carbocycles. The molecule has 0 aliphatic rings. The molecule has 0 saturated heterocycles. The molecule has 3 nitrogen and oxygen atoms in total. The van der Waals surface area contributed by atoms with Gasteiger partial charge in [-0.3, -0.25) is 0 Å². The quantitative estimate of drug-likeness (QED) is 0.788. The van der Waals surface area contributed by atoms with Crippen LogP contribution in [0.5, 0.6) is 0 Å². The van der Waals surface area contributed by atoms with Crippen LogP contribution in [0.25, 0.3) is 0 Å². The van der Waals surface area contributed by atoms with Crippen LogP contribution in [0.15, 0.2) is 36.8 Å². The fourth-order valence-electron chi connectivity index (χ4n) is 1.94. The van der Waals surface area contributed by atoms with Gasteiger partial charge in [-0.15, -0.1) is 0 Å². The molecule has 0 atom stereocenters. The van der Waals surface area contributed by atoms with Crippen molar-refractivity contribution in [3.63, 3.8) is 0 Å². The zero-order valence-electron chi connectivity index (χ0n) is 11.3. The first-order valence-electron chi connectivity index (χ1n) is 6.73. The third-order valence-electron chi connectivity index (χ3n) is 2.95. The number of nitrogens with zero attached hydrogens (tertiary/aromatic N) is 2. The van der Waals surface area contributed by atoms with Crippen LogP contribution in [-0.2, 0) is 13.0 Å². The molecule has 0 bridgehead atoms. The highest BCUT2D eigenvalue weighted by molar-refractivity contribution is 6.30. The molecule has 1 heterocycles. The second kappa shape index (κ2) is 7.31. The molecule has 2 aromatic rings. The SMILES string of the molecule is CCCNCCc1cn(Cc2ccc(Cl)cc2)cn1. The number of hydrogen-bond donors (Lipinski definition) is 1. The summed E-state index contributed by atoms with van der Waals surface area (Å²) in [6.45, 7) is 5.08. The Hall–Kier alpha value is -1.32. The van der Waals surface area contributed by atoms with Gasteiger partial charge in [0.15, 0.2) is 0 Å². The smallest absolute Gasteiger partial charge is 0.0952 e. The molecule has 0 fully saturated rings. The minimum Gasteiger partial charge on any atom is -0.333 e. The summed E-state index contributed by atoms with van der Waals surface area (Å²) >= 11 is 5.88. The molecule has 0 aliphatic heterocycles. The van der Waals surface area contributed by atoms with Gasteiger partial charge in [-0.05, 0) is 30.7 Å². The van der Waals surface area contributed by atoms with E-state index in [9.17, 15) is 0 Å². The standard InChI is InChI=1S/C15H20ClN3/c1-2-8-17-9-7-15-11-19(12-18-15)10-13-3-5-14(16)6-4-13/h3-6,11-12,17H,2,7-10H2,1H3. The number of nitrogens with one attached hydrogen (secondary N) is 1. The topological polar surface area (TPSA) is 29.9 Å². The molecule has 1 N–H and O–H groups in total. The Morgan fingerprint density at radius 3 is 2.74 bits per heavy atom. The van der Waals surface area contributed by atoms with Crippen LogP contribution in [0.2, 0.25) is 5.02 Å². The van der Waals surface area contributed by atoms with E-state index in [0.29, 0.717) is 0 Å². The number of rotatable bonds is 7. The van der Waals surface area contributed by atoms with E-state index in [0.717, 1.165) is 36.8 Å². The molecule has 102 valence electrons. The summed E-state index contributed by atoms with van der Waals surface area (Å²) < 4.78 is 2.11. The average molecular weight is 278 g/mol. The Kier molecular flexibility index (Phi) is 5.43. The lowest BCUT2D eigenvalue weighted by Gasteiger charge is -2.02. The molecule has 0 spiro atoms. The molecular weight excluding hydrogens is 258 g/mol. The molecule has 4 heteroatoms. The van der Waals surface area contributed by atoms with E-state index in [1.54, 1.807) is 0 Å². The Morgan fingerprint density at radius 1 is 1.21 bits per heavy atom. The van der Waals surface area contributed by atoms with Crippen molar-refractivity contribution in [3.05, 3.63) is 53.1 Å². The molecule has 1 aromatic carbocycles. The Labute approximate surface area is 119 Å². The third kappa shape index (κ3) is 4.69. The molecule has 19 heavy (non-hydrogen) atoms. The summed E-state index contributed by atoms with van der Waals surface area (Å²) in [4.78, 5) is 4.42. The maximum absolute atomic E-state index is 5.88. The van der Waals surface area contributed by atoms with Gasteiger partial charge in [0.2, 0.25) is 0 Å². The predicted molar refractivity (Wildman–Crippen MR) is 79.6 cm³/mol. The van der Waals surface area contributed by atoms with Crippen LogP contribution in [0, 0.1) is 0 Å². The van der Waals surface area contributed by atoms with Gasteiger partial charge in [0.1, 0.15) is 0 Å². The van der Waals surface area contributed by atoms with Crippen LogP contribution in [0.1, 0.15) is 24.6 Å². The second-order valence-corrected chi connectivity index (χ2v) is 5.10. The van der Waals surface area contributed by atoms with Gasteiger partial charge >= 0.3 is 0 Å². The number of benzene rings is 1. The van der Waals surface area contributed by atoms with Gasteiger partial charge < -0.3 is 9.88 Å². The van der Waals surface area contributed by atoms with Crippen molar-refractivity contribution in [1.82, 2.24) is 14.9 Å². The number of imidazole rings is 1. The zero-order valence-corrected chi connectivity index (χ0v) is 12.0. The van der Waals surface area contributed by atoms with E-state index >= 15 is 0 Å². The van der Waals surface area contributed by atoms with E-state index in [1.807, 2.05) is 30.6 Å². The normalized spacial score (nSPS) is 10.8. The average Bonchev–Trinajstić information content (AvgIpc) is 2.85. The van der Waals surface area contributed by atoms with Crippen molar-refractivity contribution in [3.8, 4) is 0 Å². The Morgan fingerprint density at radius 2 is 2.00 bits per heavy atom. The van der Waals surface area contributed by atoms with Crippen molar-refractivity contribution in [2.75, 3.05) is 13.1 Å². The predicted octanol–water partition coefficient (Wildman–Crippen LogP) is 3.13. The molecule has 0 saturated carbocycles. The summed E-state index contributed by atoms with van der Waals surface area (Å²) in [5, 5.41) is 4.16. The van der Waals surface area contributed by atoms with Gasteiger partial charge in [-0.1, -0.05) is 30.7 Å². The Balaban J connectivity index is 1.85. The first-order valence-corrected chi connectivity index (χ1v) is 7.11. The van der Waals surface area contributed by atoms with Gasteiger partial charge in [0.25, 0.3) is 0 Å². The number of hydrogen-bond acceptors (Lipinski definition) is 2. The zero-order chi connectivity index (χ0) is 13.5. The van der Waals surface area contributed by atoms with Crippen molar-refractivity contribution in [2.45, 2.75) is 26.3 Å². The van der Waals surface area contributed by atoms with Crippen molar-refractivity contribution < 1.29 is 0 Å². The molecule has 0 radical (unpaired) electrons. The molecule has 2 rings (SSSR count). The fraction of sp³-hybridized carbons (Fsp3) is 0.400. The summed E-state index contributed by atoms with van der Waals surface area (Å²) in [7, 11) is 0. The fourth-order valence-corrected chi connectivity index (χ4v) is 2.07. The van der Waals surface area contributed by atoms with Gasteiger partial charge in [-0.25, -0.2) is 4.98 Å². The van der Waals surface area contributed by atoms with Crippen LogP contribution < -0.4 is 5.32 Å². The lowest BCUT2D eigenvalue weighted by molar-refractivity contribution is 0.666. The Bertz CT molecular complexity index is 490. The van der Waals surface area contributed by atoms with E-state index in [4.69, 9.17) is 11.6 Å². The van der Waals surface area contributed by atoms with Crippen molar-refractivity contribution in [2.24, 2.45) is 0 Å². The molecule has 0 unspecified atom stereocenters. The van der Waals surface area contributed by atoms with Crippen LogP contribution in [-0.4, -0.2) is 22.6 Å². The lowest BCUT2D eigenvalue weighted by atomic mass is 10.2. The summed E-state index contributed by atoms with van der Waals surface area (Å²) in [6.07, 6.45) is 6.16. The van der Waals surface area contributed by atoms with E-state index in [2.05, 4.69) is 28.0 Å². The minimum absolute atomic E-state index is 0.775. The first-order chi connectivity index (χ1) is 9.28. The second-order valence-electron chi connectivity index (χ2n) is 4.66. The van der Waals surface area contributed by atoms with E-state index in [1.165, 1.54) is 12.0 Å². The molecule has 0 amide bonds.